The highest BCUT2D eigenvalue weighted by atomic mass is 16.5. The van der Waals surface area contributed by atoms with Crippen molar-refractivity contribution in [2.24, 2.45) is 0 Å². The van der Waals surface area contributed by atoms with Crippen LogP contribution in [0.4, 0.5) is 5.69 Å². The number of benzene rings is 1. The predicted molar refractivity (Wildman–Crippen MR) is 89.9 cm³/mol. The molecule has 0 atom stereocenters. The number of methoxy groups -OCH3 is 1. The largest absolute Gasteiger partial charge is 0.495 e. The first kappa shape index (κ1) is 17.5. The molecule has 1 aromatic carbocycles. The second-order valence-corrected chi connectivity index (χ2v) is 6.40. The number of carboxylic acids is 1. The minimum absolute atomic E-state index is 0.0848. The van der Waals surface area contributed by atoms with E-state index in [9.17, 15) is 9.59 Å². The highest BCUT2D eigenvalue weighted by Gasteiger charge is 2.22. The minimum Gasteiger partial charge on any atom is -0.495 e. The van der Waals surface area contributed by atoms with Crippen LogP contribution in [-0.4, -0.2) is 33.9 Å². The van der Waals surface area contributed by atoms with E-state index in [0.717, 1.165) is 5.69 Å². The van der Waals surface area contributed by atoms with E-state index in [2.05, 4.69) is 10.4 Å². The summed E-state index contributed by atoms with van der Waals surface area (Å²) in [7, 11) is 1.42. The molecule has 2 rings (SSSR count). The van der Waals surface area contributed by atoms with Gasteiger partial charge in [-0.15, -0.1) is 0 Å². The summed E-state index contributed by atoms with van der Waals surface area (Å²) in [5, 5.41) is 16.0. The molecule has 0 saturated carbocycles. The molecule has 2 aromatic rings. The molecule has 0 unspecified atom stereocenters. The van der Waals surface area contributed by atoms with Crippen LogP contribution in [0.2, 0.25) is 0 Å². The zero-order valence-corrected chi connectivity index (χ0v) is 14.4. The maximum Gasteiger partial charge on any atom is 0.335 e. The monoisotopic (exact) mass is 331 g/mol. The number of amides is 1. The molecule has 0 aliphatic carbocycles. The fourth-order valence-electron chi connectivity index (χ4n) is 2.43. The lowest BCUT2D eigenvalue weighted by Crippen LogP contribution is -2.25. The molecule has 0 radical (unpaired) electrons. The van der Waals surface area contributed by atoms with Crippen LogP contribution < -0.4 is 10.1 Å². The van der Waals surface area contributed by atoms with Crippen LogP contribution in [-0.2, 0) is 5.54 Å². The van der Waals surface area contributed by atoms with Gasteiger partial charge in [0.2, 0.25) is 0 Å². The van der Waals surface area contributed by atoms with Crippen LogP contribution in [0.3, 0.4) is 0 Å². The average molecular weight is 331 g/mol. The lowest BCUT2D eigenvalue weighted by atomic mass is 10.1. The number of carbonyl (C=O) groups excluding carboxylic acids is 1. The van der Waals surface area contributed by atoms with Crippen LogP contribution in [0.5, 0.6) is 5.75 Å². The van der Waals surface area contributed by atoms with Gasteiger partial charge < -0.3 is 15.2 Å². The normalized spacial score (nSPS) is 11.2. The molecule has 0 bridgehead atoms. The fourth-order valence-corrected chi connectivity index (χ4v) is 2.43. The summed E-state index contributed by atoms with van der Waals surface area (Å²) < 4.78 is 6.95. The number of carboxylic acid groups (broad SMARTS) is 1. The van der Waals surface area contributed by atoms with E-state index in [4.69, 9.17) is 9.84 Å². The Balaban J connectivity index is 2.31. The van der Waals surface area contributed by atoms with Gasteiger partial charge in [0.1, 0.15) is 5.75 Å². The highest BCUT2D eigenvalue weighted by Crippen LogP contribution is 2.27. The standard InChI is InChI=1S/C17H21N3O4/c1-10-12(9-18-20(10)17(2,3)4)15(21)19-13-7-6-11(16(22)23)8-14(13)24-5/h6-9H,1-5H3,(H,19,21)(H,22,23). The van der Waals surface area contributed by atoms with Crippen molar-refractivity contribution in [1.82, 2.24) is 9.78 Å². The van der Waals surface area contributed by atoms with Crippen molar-refractivity contribution in [2.45, 2.75) is 33.2 Å². The zero-order valence-electron chi connectivity index (χ0n) is 14.4. The summed E-state index contributed by atoms with van der Waals surface area (Å²) in [5.41, 5.74) is 1.45. The van der Waals surface area contributed by atoms with E-state index in [1.54, 1.807) is 4.68 Å². The van der Waals surface area contributed by atoms with Gasteiger partial charge in [-0.3, -0.25) is 9.48 Å². The third-order valence-corrected chi connectivity index (χ3v) is 3.59. The van der Waals surface area contributed by atoms with Crippen molar-refractivity contribution in [3.8, 4) is 5.75 Å². The third kappa shape index (κ3) is 3.40. The number of aromatic carboxylic acids is 1. The molecule has 0 saturated heterocycles. The van der Waals surface area contributed by atoms with Gasteiger partial charge in [-0.25, -0.2) is 4.79 Å². The number of aromatic nitrogens is 2. The number of hydrogen-bond donors (Lipinski definition) is 2. The number of nitrogens with zero attached hydrogens (tertiary/aromatic N) is 2. The zero-order chi connectivity index (χ0) is 18.1. The molecule has 0 aliphatic rings. The highest BCUT2D eigenvalue weighted by molar-refractivity contribution is 6.06. The number of anilines is 1. The number of ether oxygens (including phenoxy) is 1. The van der Waals surface area contributed by atoms with E-state index < -0.39 is 5.97 Å². The SMILES string of the molecule is COc1cc(C(=O)O)ccc1NC(=O)c1cnn(C(C)(C)C)c1C. The molecule has 0 aliphatic heterocycles. The number of carbonyl (C=O) groups is 2. The Morgan fingerprint density at radius 1 is 1.29 bits per heavy atom. The molecule has 128 valence electrons. The summed E-state index contributed by atoms with van der Waals surface area (Å²) in [6, 6.07) is 4.28. The van der Waals surface area contributed by atoms with Crippen LogP contribution >= 0.6 is 0 Å². The van der Waals surface area contributed by atoms with Gasteiger partial charge in [-0.2, -0.15) is 5.10 Å². The molecule has 1 heterocycles. The molecular formula is C17H21N3O4. The van der Waals surface area contributed by atoms with Gasteiger partial charge in [0.05, 0.1) is 35.7 Å². The molecule has 0 fully saturated rings. The Labute approximate surface area is 140 Å². The summed E-state index contributed by atoms with van der Waals surface area (Å²) >= 11 is 0. The Hall–Kier alpha value is -2.83. The first-order chi connectivity index (χ1) is 11.1. The van der Waals surface area contributed by atoms with Crippen molar-refractivity contribution in [1.29, 1.82) is 0 Å². The van der Waals surface area contributed by atoms with Crippen LogP contribution in [0.25, 0.3) is 0 Å². The van der Waals surface area contributed by atoms with Crippen molar-refractivity contribution in [3.63, 3.8) is 0 Å². The quantitative estimate of drug-likeness (QED) is 0.898. The smallest absolute Gasteiger partial charge is 0.335 e. The van der Waals surface area contributed by atoms with Crippen molar-refractivity contribution in [3.05, 3.63) is 41.2 Å². The summed E-state index contributed by atoms with van der Waals surface area (Å²) in [5.74, 6) is -1.11. The van der Waals surface area contributed by atoms with Crippen molar-refractivity contribution < 1.29 is 19.4 Å². The lowest BCUT2D eigenvalue weighted by Gasteiger charge is -2.21. The van der Waals surface area contributed by atoms with Crippen molar-refractivity contribution >= 4 is 17.6 Å². The summed E-state index contributed by atoms with van der Waals surface area (Å²) in [6.07, 6.45) is 1.52. The number of nitrogens with one attached hydrogen (secondary N) is 1. The first-order valence-electron chi connectivity index (χ1n) is 7.43. The maximum atomic E-state index is 12.5. The second kappa shape index (κ2) is 6.35. The predicted octanol–water partition coefficient (Wildman–Crippen LogP) is 2.91. The Morgan fingerprint density at radius 3 is 2.46 bits per heavy atom. The van der Waals surface area contributed by atoms with E-state index in [1.807, 2.05) is 27.7 Å². The minimum atomic E-state index is -1.06. The molecule has 1 amide bonds. The lowest BCUT2D eigenvalue weighted by molar-refractivity contribution is 0.0696. The molecule has 7 heteroatoms. The Morgan fingerprint density at radius 2 is 1.96 bits per heavy atom. The van der Waals surface area contributed by atoms with Crippen LogP contribution in [0, 0.1) is 6.92 Å². The second-order valence-electron chi connectivity index (χ2n) is 6.40. The topological polar surface area (TPSA) is 93.4 Å². The first-order valence-corrected chi connectivity index (χ1v) is 7.43. The van der Waals surface area contributed by atoms with Crippen LogP contribution in [0.15, 0.2) is 24.4 Å². The summed E-state index contributed by atoms with van der Waals surface area (Å²) in [6.45, 7) is 7.84. The molecule has 2 N–H and O–H groups in total. The van der Waals surface area contributed by atoms with Gasteiger partial charge in [-0.05, 0) is 45.9 Å². The Bertz CT molecular complexity index is 788. The maximum absolute atomic E-state index is 12.5. The fraction of sp³-hybridized carbons (Fsp3) is 0.353. The summed E-state index contributed by atoms with van der Waals surface area (Å²) in [4.78, 5) is 23.5. The van der Waals surface area contributed by atoms with Gasteiger partial charge in [0.25, 0.3) is 5.91 Å². The number of rotatable bonds is 4. The van der Waals surface area contributed by atoms with Gasteiger partial charge >= 0.3 is 5.97 Å². The molecule has 24 heavy (non-hydrogen) atoms. The number of hydrogen-bond acceptors (Lipinski definition) is 4. The molecule has 1 aromatic heterocycles. The van der Waals surface area contributed by atoms with Gasteiger partial charge in [-0.1, -0.05) is 0 Å². The molecule has 0 spiro atoms. The van der Waals surface area contributed by atoms with E-state index in [-0.39, 0.29) is 22.8 Å². The van der Waals surface area contributed by atoms with E-state index in [0.29, 0.717) is 11.3 Å². The van der Waals surface area contributed by atoms with Crippen molar-refractivity contribution in [2.75, 3.05) is 12.4 Å². The van der Waals surface area contributed by atoms with Crippen LogP contribution in [0.1, 0.15) is 47.2 Å². The third-order valence-electron chi connectivity index (χ3n) is 3.59. The molecular weight excluding hydrogens is 310 g/mol. The van der Waals surface area contributed by atoms with E-state index >= 15 is 0 Å². The van der Waals surface area contributed by atoms with E-state index in [1.165, 1.54) is 31.5 Å². The molecule has 7 nitrogen and oxygen atoms in total. The van der Waals surface area contributed by atoms with Gasteiger partial charge in [0, 0.05) is 5.69 Å². The Kier molecular flexibility index (Phi) is 4.64. The average Bonchev–Trinajstić information content (AvgIpc) is 2.89. The van der Waals surface area contributed by atoms with Gasteiger partial charge in [0.15, 0.2) is 0 Å².